The largest absolute Gasteiger partial charge is 0.325 e. The van der Waals surface area contributed by atoms with Crippen LogP contribution in [0.15, 0.2) is 18.2 Å². The van der Waals surface area contributed by atoms with Gasteiger partial charge < -0.3 is 10.6 Å². The molecule has 3 rings (SSSR count). The molecule has 2 N–H and O–H groups in total. The normalized spacial score (nSPS) is 20.6. The van der Waals surface area contributed by atoms with E-state index in [2.05, 4.69) is 10.6 Å². The molecule has 6 nitrogen and oxygen atoms in total. The number of carbonyl (C=O) groups is 3. The molecular formula is C16H20ClN3O3. The first-order chi connectivity index (χ1) is 10.6. The number of anilines is 2. The second kappa shape index (κ2) is 7.10. The Morgan fingerprint density at radius 1 is 1.26 bits per heavy atom. The highest BCUT2D eigenvalue weighted by Gasteiger charge is 2.31. The van der Waals surface area contributed by atoms with Crippen LogP contribution in [0.4, 0.5) is 11.4 Å². The summed E-state index contributed by atoms with van der Waals surface area (Å²) in [6, 6.07) is 5.13. The predicted molar refractivity (Wildman–Crippen MR) is 89.8 cm³/mol. The van der Waals surface area contributed by atoms with Crippen molar-refractivity contribution in [1.82, 2.24) is 5.32 Å². The van der Waals surface area contributed by atoms with Gasteiger partial charge in [0.15, 0.2) is 0 Å². The molecule has 2 heterocycles. The lowest BCUT2D eigenvalue weighted by atomic mass is 10.1. The molecule has 2 saturated heterocycles. The van der Waals surface area contributed by atoms with Gasteiger partial charge in [0, 0.05) is 18.5 Å². The van der Waals surface area contributed by atoms with Crippen LogP contribution < -0.4 is 15.5 Å². The standard InChI is InChI=1S/C16H19N3O3.ClH/c1-10-4-5-11(18-16(22)12-3-2-8-17-12)9-13(10)19-14(20)6-7-15(19)21;/h4-5,9,12,17H,2-3,6-8H2,1H3,(H,18,22);1H. The van der Waals surface area contributed by atoms with Gasteiger partial charge in [-0.1, -0.05) is 6.07 Å². The van der Waals surface area contributed by atoms with Gasteiger partial charge in [-0.3, -0.25) is 19.3 Å². The van der Waals surface area contributed by atoms with Gasteiger partial charge >= 0.3 is 0 Å². The van der Waals surface area contributed by atoms with Crippen molar-refractivity contribution in [3.05, 3.63) is 23.8 Å². The van der Waals surface area contributed by atoms with Crippen molar-refractivity contribution in [2.75, 3.05) is 16.8 Å². The quantitative estimate of drug-likeness (QED) is 0.824. The van der Waals surface area contributed by atoms with E-state index in [0.717, 1.165) is 24.9 Å². The van der Waals surface area contributed by atoms with Crippen LogP contribution in [0.3, 0.4) is 0 Å². The number of imide groups is 1. The molecule has 0 aromatic heterocycles. The van der Waals surface area contributed by atoms with Crippen molar-refractivity contribution < 1.29 is 14.4 Å². The maximum Gasteiger partial charge on any atom is 0.241 e. The number of aryl methyl sites for hydroxylation is 1. The third kappa shape index (κ3) is 3.54. The van der Waals surface area contributed by atoms with E-state index in [1.165, 1.54) is 4.90 Å². The Kier molecular flexibility index (Phi) is 5.38. The zero-order valence-corrected chi connectivity index (χ0v) is 13.7. The second-order valence-corrected chi connectivity index (χ2v) is 5.76. The molecule has 2 fully saturated rings. The molecule has 1 aromatic carbocycles. The third-order valence-electron chi connectivity index (χ3n) is 4.15. The molecule has 1 unspecified atom stereocenters. The summed E-state index contributed by atoms with van der Waals surface area (Å²) in [4.78, 5) is 37.1. The molecule has 1 atom stereocenters. The average molecular weight is 338 g/mol. The first kappa shape index (κ1) is 17.4. The number of nitrogens with zero attached hydrogens (tertiary/aromatic N) is 1. The Labute approximate surface area is 141 Å². The lowest BCUT2D eigenvalue weighted by Gasteiger charge is -2.18. The molecule has 2 aliphatic rings. The molecule has 3 amide bonds. The smallest absolute Gasteiger partial charge is 0.241 e. The Bertz CT molecular complexity index is 625. The first-order valence-corrected chi connectivity index (χ1v) is 7.57. The first-order valence-electron chi connectivity index (χ1n) is 7.57. The van der Waals surface area contributed by atoms with Gasteiger partial charge in [-0.05, 0) is 44.0 Å². The van der Waals surface area contributed by atoms with E-state index in [4.69, 9.17) is 0 Å². The van der Waals surface area contributed by atoms with Gasteiger partial charge in [-0.25, -0.2) is 0 Å². The highest BCUT2D eigenvalue weighted by atomic mass is 35.5. The van der Waals surface area contributed by atoms with Crippen LogP contribution in [0.25, 0.3) is 0 Å². The summed E-state index contributed by atoms with van der Waals surface area (Å²) in [7, 11) is 0. The maximum absolute atomic E-state index is 12.1. The minimum atomic E-state index is -0.186. The lowest BCUT2D eigenvalue weighted by molar-refractivity contribution is -0.121. The molecule has 23 heavy (non-hydrogen) atoms. The highest BCUT2D eigenvalue weighted by molar-refractivity contribution is 6.20. The van der Waals surface area contributed by atoms with Crippen molar-refractivity contribution in [3.63, 3.8) is 0 Å². The monoisotopic (exact) mass is 337 g/mol. The molecule has 2 aliphatic heterocycles. The van der Waals surface area contributed by atoms with Crippen LogP contribution in [0.5, 0.6) is 0 Å². The molecule has 7 heteroatoms. The zero-order valence-electron chi connectivity index (χ0n) is 12.9. The number of hydrogen-bond acceptors (Lipinski definition) is 4. The average Bonchev–Trinajstić information content (AvgIpc) is 3.12. The third-order valence-corrected chi connectivity index (χ3v) is 4.15. The number of rotatable bonds is 3. The van der Waals surface area contributed by atoms with Crippen LogP contribution in [-0.2, 0) is 14.4 Å². The van der Waals surface area contributed by atoms with Crippen LogP contribution >= 0.6 is 12.4 Å². The second-order valence-electron chi connectivity index (χ2n) is 5.76. The summed E-state index contributed by atoms with van der Waals surface area (Å²) in [6.45, 7) is 2.70. The van der Waals surface area contributed by atoms with Crippen molar-refractivity contribution >= 4 is 41.5 Å². The van der Waals surface area contributed by atoms with Gasteiger partial charge in [-0.2, -0.15) is 0 Å². The lowest BCUT2D eigenvalue weighted by Crippen LogP contribution is -2.35. The SMILES string of the molecule is Cc1ccc(NC(=O)C2CCCN2)cc1N1C(=O)CCC1=O.Cl. The Morgan fingerprint density at radius 3 is 2.57 bits per heavy atom. The van der Waals surface area contributed by atoms with Crippen LogP contribution in [0.1, 0.15) is 31.2 Å². The van der Waals surface area contributed by atoms with Crippen molar-refractivity contribution in [3.8, 4) is 0 Å². The van der Waals surface area contributed by atoms with Gasteiger partial charge in [0.25, 0.3) is 0 Å². The minimum Gasteiger partial charge on any atom is -0.325 e. The minimum absolute atomic E-state index is 0. The van der Waals surface area contributed by atoms with Crippen LogP contribution in [0.2, 0.25) is 0 Å². The topological polar surface area (TPSA) is 78.5 Å². The van der Waals surface area contributed by atoms with E-state index in [-0.39, 0.29) is 49.0 Å². The van der Waals surface area contributed by atoms with Crippen LogP contribution in [0, 0.1) is 6.92 Å². The zero-order chi connectivity index (χ0) is 15.7. The fourth-order valence-electron chi connectivity index (χ4n) is 2.91. The molecule has 124 valence electrons. The number of halogens is 1. The van der Waals surface area contributed by atoms with Gasteiger partial charge in [0.05, 0.1) is 11.7 Å². The van der Waals surface area contributed by atoms with Gasteiger partial charge in [-0.15, -0.1) is 12.4 Å². The maximum atomic E-state index is 12.1. The summed E-state index contributed by atoms with van der Waals surface area (Å²) in [5, 5.41) is 6.00. The molecule has 0 radical (unpaired) electrons. The van der Waals surface area contributed by atoms with E-state index in [9.17, 15) is 14.4 Å². The summed E-state index contributed by atoms with van der Waals surface area (Å²) in [5.41, 5.74) is 2.00. The number of benzene rings is 1. The van der Waals surface area contributed by atoms with E-state index >= 15 is 0 Å². The summed E-state index contributed by atoms with van der Waals surface area (Å²) in [5.74, 6) is -0.450. The van der Waals surface area contributed by atoms with Gasteiger partial charge in [0.1, 0.15) is 0 Å². The molecule has 1 aromatic rings. The Hall–Kier alpha value is -1.92. The molecule has 0 spiro atoms. The highest BCUT2D eigenvalue weighted by Crippen LogP contribution is 2.29. The van der Waals surface area contributed by atoms with E-state index in [0.29, 0.717) is 11.4 Å². The van der Waals surface area contributed by atoms with E-state index < -0.39 is 0 Å². The van der Waals surface area contributed by atoms with Crippen molar-refractivity contribution in [1.29, 1.82) is 0 Å². The number of amides is 3. The number of hydrogen-bond donors (Lipinski definition) is 2. The summed E-state index contributed by atoms with van der Waals surface area (Å²) >= 11 is 0. The van der Waals surface area contributed by atoms with E-state index in [1.807, 2.05) is 13.0 Å². The predicted octanol–water partition coefficient (Wildman–Crippen LogP) is 1.76. The summed E-state index contributed by atoms with van der Waals surface area (Å²) in [6.07, 6.45) is 2.32. The molecule has 0 aliphatic carbocycles. The summed E-state index contributed by atoms with van der Waals surface area (Å²) < 4.78 is 0. The fraction of sp³-hybridized carbons (Fsp3) is 0.438. The van der Waals surface area contributed by atoms with Crippen molar-refractivity contribution in [2.45, 2.75) is 38.6 Å². The number of carbonyl (C=O) groups excluding carboxylic acids is 3. The fourth-order valence-corrected chi connectivity index (χ4v) is 2.91. The van der Waals surface area contributed by atoms with E-state index in [1.54, 1.807) is 12.1 Å². The van der Waals surface area contributed by atoms with Gasteiger partial charge in [0.2, 0.25) is 17.7 Å². The molecule has 0 bridgehead atoms. The Balaban J connectivity index is 0.00000192. The molecule has 0 saturated carbocycles. The molecular weight excluding hydrogens is 318 g/mol. The Morgan fingerprint density at radius 2 is 1.96 bits per heavy atom. The van der Waals surface area contributed by atoms with Crippen LogP contribution in [-0.4, -0.2) is 30.3 Å². The number of nitrogens with one attached hydrogen (secondary N) is 2. The van der Waals surface area contributed by atoms with Crippen molar-refractivity contribution in [2.24, 2.45) is 0 Å².